The predicted octanol–water partition coefficient (Wildman–Crippen LogP) is 1.32. The summed E-state index contributed by atoms with van der Waals surface area (Å²) in [4.78, 5) is 0. The van der Waals surface area contributed by atoms with E-state index < -0.39 is 10.0 Å². The van der Waals surface area contributed by atoms with E-state index in [1.165, 1.54) is 4.31 Å². The fourth-order valence-electron chi connectivity index (χ4n) is 1.57. The second kappa shape index (κ2) is 4.07. The fourth-order valence-corrected chi connectivity index (χ4v) is 3.14. The van der Waals surface area contributed by atoms with Crippen LogP contribution in [-0.2, 0) is 16.6 Å². The van der Waals surface area contributed by atoms with E-state index >= 15 is 0 Å². The Hall–Kier alpha value is -1.07. The zero-order valence-electron chi connectivity index (χ0n) is 9.13. The molecule has 1 aromatic rings. The second-order valence-corrected chi connectivity index (χ2v) is 6.49. The molecule has 1 fully saturated rings. The minimum absolute atomic E-state index is 0.172. The second-order valence-electron chi connectivity index (χ2n) is 4.17. The number of phenols is 1. The Balaban J connectivity index is 2.07. The van der Waals surface area contributed by atoms with E-state index in [0.29, 0.717) is 6.54 Å². The van der Waals surface area contributed by atoms with Gasteiger partial charge >= 0.3 is 0 Å². The zero-order chi connectivity index (χ0) is 11.8. The van der Waals surface area contributed by atoms with Crippen LogP contribution in [0.4, 0.5) is 0 Å². The number of hydrogen-bond acceptors (Lipinski definition) is 3. The highest BCUT2D eigenvalue weighted by Gasteiger charge is 2.38. The molecule has 88 valence electrons. The van der Waals surface area contributed by atoms with Crippen molar-refractivity contribution in [2.24, 2.45) is 0 Å². The molecule has 0 amide bonds. The lowest BCUT2D eigenvalue weighted by Gasteiger charge is -2.16. The van der Waals surface area contributed by atoms with Crippen molar-refractivity contribution in [1.29, 1.82) is 0 Å². The molecule has 0 heterocycles. The molecule has 1 aliphatic carbocycles. The smallest absolute Gasteiger partial charge is 0.217 e. The van der Waals surface area contributed by atoms with Gasteiger partial charge < -0.3 is 5.11 Å². The van der Waals surface area contributed by atoms with E-state index in [1.54, 1.807) is 31.3 Å². The molecule has 1 N–H and O–H groups in total. The maximum Gasteiger partial charge on any atom is 0.217 e. The van der Waals surface area contributed by atoms with Gasteiger partial charge in [0.2, 0.25) is 10.0 Å². The van der Waals surface area contributed by atoms with Gasteiger partial charge in [0.05, 0.1) is 5.25 Å². The quantitative estimate of drug-likeness (QED) is 0.864. The van der Waals surface area contributed by atoms with Gasteiger partial charge in [0, 0.05) is 13.6 Å². The third-order valence-electron chi connectivity index (χ3n) is 2.72. The molecule has 5 heteroatoms. The van der Waals surface area contributed by atoms with Gasteiger partial charge in [-0.25, -0.2) is 12.7 Å². The molecule has 1 aromatic carbocycles. The molecule has 0 bridgehead atoms. The van der Waals surface area contributed by atoms with Gasteiger partial charge in [0.1, 0.15) is 5.75 Å². The van der Waals surface area contributed by atoms with Crippen LogP contribution in [0.25, 0.3) is 0 Å². The van der Waals surface area contributed by atoms with Crippen LogP contribution in [0.3, 0.4) is 0 Å². The van der Waals surface area contributed by atoms with Crippen LogP contribution in [0, 0.1) is 0 Å². The maximum atomic E-state index is 11.8. The van der Waals surface area contributed by atoms with Crippen LogP contribution in [-0.4, -0.2) is 30.1 Å². The number of aromatic hydroxyl groups is 1. The molecule has 0 aliphatic heterocycles. The monoisotopic (exact) mass is 241 g/mol. The van der Waals surface area contributed by atoms with Gasteiger partial charge in [-0.15, -0.1) is 0 Å². The molecule has 0 unspecified atom stereocenters. The molecule has 0 atom stereocenters. The van der Waals surface area contributed by atoms with Gasteiger partial charge in [0.25, 0.3) is 0 Å². The highest BCUT2D eigenvalue weighted by atomic mass is 32.2. The summed E-state index contributed by atoms with van der Waals surface area (Å²) >= 11 is 0. The Morgan fingerprint density at radius 1 is 1.31 bits per heavy atom. The minimum Gasteiger partial charge on any atom is -0.508 e. The molecule has 0 spiro atoms. The maximum absolute atomic E-state index is 11.8. The standard InChI is InChI=1S/C11H15NO3S/c1-12(16(14,15)11-6-7-11)8-9-2-4-10(13)5-3-9/h2-5,11,13H,6-8H2,1H3. The van der Waals surface area contributed by atoms with Crippen molar-refractivity contribution in [3.63, 3.8) is 0 Å². The summed E-state index contributed by atoms with van der Waals surface area (Å²) in [5, 5.41) is 8.95. The van der Waals surface area contributed by atoms with Crippen LogP contribution < -0.4 is 0 Å². The van der Waals surface area contributed by atoms with E-state index in [2.05, 4.69) is 0 Å². The number of phenolic OH excluding ortho intramolecular Hbond substituents is 1. The number of benzene rings is 1. The number of nitrogens with zero attached hydrogens (tertiary/aromatic N) is 1. The Labute approximate surface area is 95.6 Å². The van der Waals surface area contributed by atoms with Gasteiger partial charge in [-0.05, 0) is 30.5 Å². The van der Waals surface area contributed by atoms with E-state index in [4.69, 9.17) is 5.11 Å². The lowest BCUT2D eigenvalue weighted by Crippen LogP contribution is -2.29. The van der Waals surface area contributed by atoms with Crippen LogP contribution in [0.15, 0.2) is 24.3 Å². The van der Waals surface area contributed by atoms with E-state index in [9.17, 15) is 8.42 Å². The van der Waals surface area contributed by atoms with Gasteiger partial charge in [-0.1, -0.05) is 12.1 Å². The molecule has 2 rings (SSSR count). The molecule has 16 heavy (non-hydrogen) atoms. The summed E-state index contributed by atoms with van der Waals surface area (Å²) in [6, 6.07) is 6.59. The van der Waals surface area contributed by atoms with E-state index in [-0.39, 0.29) is 11.0 Å². The molecular formula is C11H15NO3S. The van der Waals surface area contributed by atoms with E-state index in [0.717, 1.165) is 18.4 Å². The molecule has 1 aliphatic rings. The zero-order valence-corrected chi connectivity index (χ0v) is 9.94. The van der Waals surface area contributed by atoms with Crippen LogP contribution in [0.1, 0.15) is 18.4 Å². The SMILES string of the molecule is CN(Cc1ccc(O)cc1)S(=O)(=O)C1CC1. The van der Waals surface area contributed by atoms with Gasteiger partial charge in [-0.2, -0.15) is 0 Å². The van der Waals surface area contributed by atoms with E-state index in [1.807, 2.05) is 0 Å². The Morgan fingerprint density at radius 3 is 2.38 bits per heavy atom. The lowest BCUT2D eigenvalue weighted by atomic mass is 10.2. The summed E-state index contributed by atoms with van der Waals surface area (Å²) in [6.45, 7) is 0.360. The van der Waals surface area contributed by atoms with Crippen LogP contribution >= 0.6 is 0 Å². The first-order valence-electron chi connectivity index (χ1n) is 5.23. The normalized spacial score (nSPS) is 16.6. The number of rotatable bonds is 4. The van der Waals surface area contributed by atoms with Crippen molar-refractivity contribution in [2.45, 2.75) is 24.6 Å². The largest absolute Gasteiger partial charge is 0.508 e. The molecule has 4 nitrogen and oxygen atoms in total. The Morgan fingerprint density at radius 2 is 1.88 bits per heavy atom. The Bertz CT molecular complexity index is 463. The van der Waals surface area contributed by atoms with Crippen LogP contribution in [0.5, 0.6) is 5.75 Å². The summed E-state index contributed by atoms with van der Waals surface area (Å²) < 4.78 is 25.1. The number of sulfonamides is 1. The van der Waals surface area contributed by atoms with Crippen molar-refractivity contribution >= 4 is 10.0 Å². The fraction of sp³-hybridized carbons (Fsp3) is 0.455. The Kier molecular flexibility index (Phi) is 2.90. The molecular weight excluding hydrogens is 226 g/mol. The van der Waals surface area contributed by atoms with Gasteiger partial charge in [0.15, 0.2) is 0 Å². The summed E-state index contributed by atoms with van der Waals surface area (Å²) in [7, 11) is -1.51. The first-order chi connectivity index (χ1) is 7.50. The molecule has 0 aromatic heterocycles. The average Bonchev–Trinajstić information content (AvgIpc) is 3.05. The third kappa shape index (κ3) is 2.36. The van der Waals surface area contributed by atoms with Gasteiger partial charge in [-0.3, -0.25) is 0 Å². The van der Waals surface area contributed by atoms with Crippen molar-refractivity contribution < 1.29 is 13.5 Å². The van der Waals surface area contributed by atoms with Crippen molar-refractivity contribution in [1.82, 2.24) is 4.31 Å². The molecule has 1 saturated carbocycles. The molecule has 0 radical (unpaired) electrons. The van der Waals surface area contributed by atoms with Crippen LogP contribution in [0.2, 0.25) is 0 Å². The first kappa shape index (κ1) is 11.4. The van der Waals surface area contributed by atoms with Crippen molar-refractivity contribution in [2.75, 3.05) is 7.05 Å². The average molecular weight is 241 g/mol. The summed E-state index contributed by atoms with van der Waals surface area (Å²) in [6.07, 6.45) is 1.56. The van der Waals surface area contributed by atoms with Crippen molar-refractivity contribution in [3.8, 4) is 5.75 Å². The first-order valence-corrected chi connectivity index (χ1v) is 6.73. The minimum atomic E-state index is -3.10. The van der Waals surface area contributed by atoms with Crippen molar-refractivity contribution in [3.05, 3.63) is 29.8 Å². The topological polar surface area (TPSA) is 57.6 Å². The summed E-state index contributed by atoms with van der Waals surface area (Å²) in [5.41, 5.74) is 0.879. The number of hydrogen-bond donors (Lipinski definition) is 1. The molecule has 0 saturated heterocycles. The predicted molar refractivity (Wildman–Crippen MR) is 61.5 cm³/mol. The highest BCUT2D eigenvalue weighted by molar-refractivity contribution is 7.90. The highest BCUT2D eigenvalue weighted by Crippen LogP contribution is 2.31. The third-order valence-corrected chi connectivity index (χ3v) is 5.03. The summed E-state index contributed by atoms with van der Waals surface area (Å²) in [5.74, 6) is 0.191. The lowest BCUT2D eigenvalue weighted by molar-refractivity contribution is 0.462.